The molecule has 0 aliphatic carbocycles. The number of aromatic carboxylic acids is 1. The van der Waals surface area contributed by atoms with E-state index in [1.54, 1.807) is 24.3 Å². The zero-order chi connectivity index (χ0) is 19.4. The first kappa shape index (κ1) is 18.3. The zero-order valence-corrected chi connectivity index (χ0v) is 14.0. The lowest BCUT2D eigenvalue weighted by molar-refractivity contribution is -0.116. The van der Waals surface area contributed by atoms with Crippen LogP contribution in [0.5, 0.6) is 5.75 Å². The maximum atomic E-state index is 12.1. The number of amides is 1. The van der Waals surface area contributed by atoms with E-state index in [2.05, 4.69) is 10.3 Å². The summed E-state index contributed by atoms with van der Waals surface area (Å²) in [5.74, 6) is -2.83. The van der Waals surface area contributed by atoms with Crippen molar-refractivity contribution in [2.75, 3.05) is 0 Å². The van der Waals surface area contributed by atoms with Crippen molar-refractivity contribution in [3.63, 3.8) is 0 Å². The number of rotatable bonds is 5. The Bertz CT molecular complexity index is 915. The van der Waals surface area contributed by atoms with E-state index in [4.69, 9.17) is 4.65 Å². The number of carbonyl (C=O) groups excluding carboxylic acids is 2. The lowest BCUT2D eigenvalue weighted by Crippen LogP contribution is -2.52. The Kier molecular flexibility index (Phi) is 5.32. The molecule has 1 aliphatic heterocycles. The number of allylic oxidation sites excluding steroid dienone is 1. The number of carboxylic acids is 1. The fourth-order valence-corrected chi connectivity index (χ4v) is 2.70. The maximum Gasteiger partial charge on any atom is 0.547 e. The molecule has 1 atom stereocenters. The number of pyridine rings is 1. The van der Waals surface area contributed by atoms with Crippen molar-refractivity contribution in [1.29, 1.82) is 0 Å². The predicted molar refractivity (Wildman–Crippen MR) is 95.3 cm³/mol. The molecule has 0 saturated heterocycles. The normalized spacial score (nSPS) is 15.7. The Morgan fingerprint density at radius 2 is 2.04 bits per heavy atom. The molecule has 9 heteroatoms. The van der Waals surface area contributed by atoms with Crippen LogP contribution in [0.25, 0.3) is 0 Å². The van der Waals surface area contributed by atoms with Gasteiger partial charge in [0.05, 0.1) is 11.5 Å². The van der Waals surface area contributed by atoms with E-state index < -0.39 is 24.9 Å². The molecular weight excluding hydrogens is 351 g/mol. The summed E-state index contributed by atoms with van der Waals surface area (Å²) in [6.45, 7) is 0. The largest absolute Gasteiger partial charge is 0.547 e. The fraction of sp³-hybridized carbons (Fsp3) is 0.111. The van der Waals surface area contributed by atoms with E-state index in [1.807, 2.05) is 0 Å². The molecule has 0 radical (unpaired) electrons. The number of carbonyl (C=O) groups is 3. The topological polar surface area (TPSA) is 126 Å². The Balaban J connectivity index is 1.67. The molecule has 0 spiro atoms. The lowest BCUT2D eigenvalue weighted by Gasteiger charge is -2.28. The number of nitrogens with zero attached hydrogens (tertiary/aromatic N) is 1. The SMILES string of the molecule is O=C(/C=C/C(=O)c1cccnc1)N[C@H]1Cc2cccc(C(=O)O)c2OB1O. The van der Waals surface area contributed by atoms with Crippen molar-refractivity contribution < 1.29 is 29.2 Å². The van der Waals surface area contributed by atoms with Crippen molar-refractivity contribution in [3.8, 4) is 5.75 Å². The molecule has 0 saturated carbocycles. The van der Waals surface area contributed by atoms with Gasteiger partial charge in [-0.15, -0.1) is 0 Å². The molecule has 2 aromatic rings. The molecule has 0 fully saturated rings. The number of ketones is 1. The van der Waals surface area contributed by atoms with Crippen LogP contribution in [0.3, 0.4) is 0 Å². The van der Waals surface area contributed by atoms with Crippen LogP contribution in [0, 0.1) is 0 Å². The third-order valence-corrected chi connectivity index (χ3v) is 4.01. The summed E-state index contributed by atoms with van der Waals surface area (Å²) in [5.41, 5.74) is 0.844. The fourth-order valence-electron chi connectivity index (χ4n) is 2.70. The van der Waals surface area contributed by atoms with Crippen molar-refractivity contribution >= 4 is 24.8 Å². The highest BCUT2D eigenvalue weighted by Gasteiger charge is 2.37. The zero-order valence-electron chi connectivity index (χ0n) is 14.0. The minimum absolute atomic E-state index is 0.0571. The van der Waals surface area contributed by atoms with Gasteiger partial charge in [-0.25, -0.2) is 4.79 Å². The average molecular weight is 366 g/mol. The lowest BCUT2D eigenvalue weighted by atomic mass is 9.72. The van der Waals surface area contributed by atoms with Gasteiger partial charge in [-0.1, -0.05) is 12.1 Å². The summed E-state index contributed by atoms with van der Waals surface area (Å²) < 4.78 is 5.29. The monoisotopic (exact) mass is 366 g/mol. The summed E-state index contributed by atoms with van der Waals surface area (Å²) in [6, 6.07) is 7.79. The van der Waals surface area contributed by atoms with Gasteiger partial charge in [0.15, 0.2) is 5.78 Å². The quantitative estimate of drug-likeness (QED) is 0.403. The summed E-state index contributed by atoms with van der Waals surface area (Å²) in [6.07, 6.45) is 5.28. The molecule has 0 bridgehead atoms. The van der Waals surface area contributed by atoms with Gasteiger partial charge in [-0.2, -0.15) is 0 Å². The first-order chi connectivity index (χ1) is 13.0. The van der Waals surface area contributed by atoms with Crippen molar-refractivity contribution in [1.82, 2.24) is 10.3 Å². The van der Waals surface area contributed by atoms with Crippen LogP contribution in [0.4, 0.5) is 0 Å². The van der Waals surface area contributed by atoms with Crippen LogP contribution in [0.15, 0.2) is 54.9 Å². The molecular formula is C18H15BN2O6. The number of fused-ring (bicyclic) bond motifs is 1. The third-order valence-electron chi connectivity index (χ3n) is 4.01. The van der Waals surface area contributed by atoms with Crippen LogP contribution in [0.2, 0.25) is 0 Å². The second kappa shape index (κ2) is 7.84. The van der Waals surface area contributed by atoms with E-state index in [0.29, 0.717) is 11.1 Å². The van der Waals surface area contributed by atoms with E-state index in [1.165, 1.54) is 18.5 Å². The third kappa shape index (κ3) is 4.21. The second-order valence-corrected chi connectivity index (χ2v) is 5.87. The minimum Gasteiger partial charge on any atom is -0.534 e. The number of aromatic nitrogens is 1. The molecule has 136 valence electrons. The standard InChI is InChI=1S/C18H15BN2O6/c22-14(12-4-2-8-20-10-12)6-7-16(23)21-15-9-11-3-1-5-13(18(24)25)17(11)27-19(15)26/h1-8,10,15,26H,9H2,(H,21,23)(H,24,25)/b7-6+/t15-/m0/s1. The minimum atomic E-state index is -1.41. The van der Waals surface area contributed by atoms with Gasteiger partial charge in [0.25, 0.3) is 0 Å². The summed E-state index contributed by atoms with van der Waals surface area (Å²) in [4.78, 5) is 39.0. The molecule has 27 heavy (non-hydrogen) atoms. The Morgan fingerprint density at radius 1 is 1.22 bits per heavy atom. The van der Waals surface area contributed by atoms with Gasteiger partial charge in [0.2, 0.25) is 5.91 Å². The van der Waals surface area contributed by atoms with E-state index in [-0.39, 0.29) is 23.5 Å². The molecule has 1 aromatic heterocycles. The van der Waals surface area contributed by atoms with Crippen molar-refractivity contribution in [2.45, 2.75) is 12.4 Å². The second-order valence-electron chi connectivity index (χ2n) is 5.87. The Hall–Kier alpha value is -3.46. The molecule has 1 aliphatic rings. The summed E-state index contributed by atoms with van der Waals surface area (Å²) in [7, 11) is -1.41. The molecule has 8 nitrogen and oxygen atoms in total. The van der Waals surface area contributed by atoms with Crippen LogP contribution in [0.1, 0.15) is 26.3 Å². The molecule has 0 unspecified atom stereocenters. The number of hydrogen-bond acceptors (Lipinski definition) is 6. The predicted octanol–water partition coefficient (Wildman–Crippen LogP) is 0.658. The van der Waals surface area contributed by atoms with E-state index >= 15 is 0 Å². The van der Waals surface area contributed by atoms with E-state index in [9.17, 15) is 24.5 Å². The maximum absolute atomic E-state index is 12.1. The van der Waals surface area contributed by atoms with Crippen LogP contribution in [-0.4, -0.2) is 45.8 Å². The number of hydrogen-bond donors (Lipinski definition) is 3. The highest BCUT2D eigenvalue weighted by Crippen LogP contribution is 2.30. The number of benzene rings is 1. The van der Waals surface area contributed by atoms with Crippen LogP contribution < -0.4 is 9.97 Å². The van der Waals surface area contributed by atoms with Crippen LogP contribution >= 0.6 is 0 Å². The van der Waals surface area contributed by atoms with Gasteiger partial charge < -0.3 is 20.1 Å². The average Bonchev–Trinajstić information content (AvgIpc) is 2.66. The number of carboxylic acid groups (broad SMARTS) is 1. The van der Waals surface area contributed by atoms with E-state index in [0.717, 1.165) is 12.2 Å². The van der Waals surface area contributed by atoms with Gasteiger partial charge in [-0.05, 0) is 36.3 Å². The van der Waals surface area contributed by atoms with Gasteiger partial charge in [0.1, 0.15) is 5.75 Å². The Labute approximate surface area is 154 Å². The Morgan fingerprint density at radius 3 is 2.74 bits per heavy atom. The number of para-hydroxylation sites is 1. The summed E-state index contributed by atoms with van der Waals surface area (Å²) in [5, 5.41) is 21.8. The smallest absolute Gasteiger partial charge is 0.534 e. The van der Waals surface area contributed by atoms with Gasteiger partial charge >= 0.3 is 13.1 Å². The molecule has 3 N–H and O–H groups in total. The highest BCUT2D eigenvalue weighted by atomic mass is 16.5. The molecule has 3 rings (SSSR count). The highest BCUT2D eigenvalue weighted by molar-refractivity contribution is 6.47. The number of nitrogens with one attached hydrogen (secondary N) is 1. The van der Waals surface area contributed by atoms with Crippen LogP contribution in [-0.2, 0) is 11.2 Å². The van der Waals surface area contributed by atoms with Crippen molar-refractivity contribution in [3.05, 3.63) is 71.6 Å². The molecule has 1 amide bonds. The van der Waals surface area contributed by atoms with Gasteiger partial charge in [-0.3, -0.25) is 14.6 Å². The van der Waals surface area contributed by atoms with Crippen molar-refractivity contribution in [2.24, 2.45) is 0 Å². The van der Waals surface area contributed by atoms with Gasteiger partial charge in [0, 0.05) is 24.0 Å². The first-order valence-corrected chi connectivity index (χ1v) is 8.08. The molecule has 2 heterocycles. The summed E-state index contributed by atoms with van der Waals surface area (Å²) >= 11 is 0. The first-order valence-electron chi connectivity index (χ1n) is 8.08. The molecule has 1 aromatic carbocycles.